The molecule has 0 saturated carbocycles. The van der Waals surface area contributed by atoms with Gasteiger partial charge in [-0.05, 0) is 36.5 Å². The second-order valence-corrected chi connectivity index (χ2v) is 4.96. The third kappa shape index (κ3) is 4.53. The van der Waals surface area contributed by atoms with E-state index in [1.807, 2.05) is 0 Å². The normalized spacial score (nSPS) is 10.6. The van der Waals surface area contributed by atoms with Gasteiger partial charge in [-0.2, -0.15) is 0 Å². The van der Waals surface area contributed by atoms with E-state index >= 15 is 0 Å². The minimum Gasteiger partial charge on any atom is -0.376 e. The first kappa shape index (κ1) is 13.8. The van der Waals surface area contributed by atoms with Crippen molar-refractivity contribution in [1.82, 2.24) is 0 Å². The summed E-state index contributed by atoms with van der Waals surface area (Å²) < 4.78 is 5.75. The fourth-order valence-electron chi connectivity index (χ4n) is 2.07. The number of benzene rings is 2. The molecule has 0 aliphatic carbocycles. The SMILES string of the molecule is CCc1cccc(COCCc2ccc(C)cc2)c1. The summed E-state index contributed by atoms with van der Waals surface area (Å²) in [5, 5.41) is 0. The van der Waals surface area contributed by atoms with Gasteiger partial charge in [-0.3, -0.25) is 0 Å². The van der Waals surface area contributed by atoms with Crippen LogP contribution in [-0.4, -0.2) is 6.61 Å². The molecule has 19 heavy (non-hydrogen) atoms. The molecule has 0 atom stereocenters. The maximum absolute atomic E-state index is 5.75. The van der Waals surface area contributed by atoms with Crippen LogP contribution in [0, 0.1) is 6.92 Å². The molecule has 1 heteroatoms. The highest BCUT2D eigenvalue weighted by Gasteiger charge is 1.97. The molecule has 0 bridgehead atoms. The molecule has 0 heterocycles. The number of aryl methyl sites for hydroxylation is 2. The lowest BCUT2D eigenvalue weighted by Crippen LogP contribution is -1.99. The van der Waals surface area contributed by atoms with Gasteiger partial charge in [0.2, 0.25) is 0 Å². The number of ether oxygens (including phenoxy) is 1. The van der Waals surface area contributed by atoms with Gasteiger partial charge in [0.05, 0.1) is 13.2 Å². The molecule has 100 valence electrons. The van der Waals surface area contributed by atoms with Crippen LogP contribution in [0.15, 0.2) is 48.5 Å². The van der Waals surface area contributed by atoms with Gasteiger partial charge in [0.1, 0.15) is 0 Å². The zero-order valence-electron chi connectivity index (χ0n) is 11.9. The summed E-state index contributed by atoms with van der Waals surface area (Å²) in [6.07, 6.45) is 2.06. The van der Waals surface area contributed by atoms with Crippen molar-refractivity contribution in [2.24, 2.45) is 0 Å². The molecule has 0 unspecified atom stereocenters. The average molecular weight is 254 g/mol. The summed E-state index contributed by atoms with van der Waals surface area (Å²) in [5.41, 5.74) is 5.29. The Hall–Kier alpha value is -1.60. The first-order valence-corrected chi connectivity index (χ1v) is 6.99. The van der Waals surface area contributed by atoms with Gasteiger partial charge < -0.3 is 4.74 Å². The quantitative estimate of drug-likeness (QED) is 0.698. The van der Waals surface area contributed by atoms with Crippen LogP contribution in [-0.2, 0) is 24.2 Å². The van der Waals surface area contributed by atoms with Crippen molar-refractivity contribution in [2.45, 2.75) is 33.3 Å². The van der Waals surface area contributed by atoms with Crippen LogP contribution >= 0.6 is 0 Å². The van der Waals surface area contributed by atoms with E-state index in [0.29, 0.717) is 6.61 Å². The van der Waals surface area contributed by atoms with E-state index < -0.39 is 0 Å². The third-order valence-corrected chi connectivity index (χ3v) is 3.32. The Bertz CT molecular complexity index is 499. The lowest BCUT2D eigenvalue weighted by molar-refractivity contribution is 0.124. The molecule has 0 amide bonds. The van der Waals surface area contributed by atoms with Gasteiger partial charge in [0.25, 0.3) is 0 Å². The van der Waals surface area contributed by atoms with Crippen molar-refractivity contribution in [3.8, 4) is 0 Å². The molecule has 1 nitrogen and oxygen atoms in total. The van der Waals surface area contributed by atoms with E-state index in [2.05, 4.69) is 62.4 Å². The van der Waals surface area contributed by atoms with Gasteiger partial charge >= 0.3 is 0 Å². The summed E-state index contributed by atoms with van der Waals surface area (Å²) in [5.74, 6) is 0. The average Bonchev–Trinajstić information content (AvgIpc) is 2.46. The Morgan fingerprint density at radius 3 is 2.37 bits per heavy atom. The molecule has 0 saturated heterocycles. The smallest absolute Gasteiger partial charge is 0.0717 e. The highest BCUT2D eigenvalue weighted by molar-refractivity contribution is 5.23. The van der Waals surface area contributed by atoms with Crippen molar-refractivity contribution in [2.75, 3.05) is 6.61 Å². The van der Waals surface area contributed by atoms with Crippen LogP contribution in [0.3, 0.4) is 0 Å². The Labute approximate surface area is 116 Å². The molecule has 0 aromatic heterocycles. The Morgan fingerprint density at radius 2 is 1.63 bits per heavy atom. The Morgan fingerprint density at radius 1 is 0.895 bits per heavy atom. The monoisotopic (exact) mass is 254 g/mol. The zero-order valence-corrected chi connectivity index (χ0v) is 11.9. The second kappa shape index (κ2) is 7.10. The molecular formula is C18H22O. The van der Waals surface area contributed by atoms with Gasteiger partial charge in [-0.15, -0.1) is 0 Å². The Kier molecular flexibility index (Phi) is 5.17. The fraction of sp³-hybridized carbons (Fsp3) is 0.333. The van der Waals surface area contributed by atoms with E-state index in [9.17, 15) is 0 Å². The van der Waals surface area contributed by atoms with Crippen molar-refractivity contribution >= 4 is 0 Å². The molecule has 0 N–H and O–H groups in total. The van der Waals surface area contributed by atoms with E-state index in [1.165, 1.54) is 22.3 Å². The molecule has 0 aliphatic heterocycles. The lowest BCUT2D eigenvalue weighted by Gasteiger charge is -2.06. The molecule has 0 spiro atoms. The van der Waals surface area contributed by atoms with Crippen LogP contribution in [0.5, 0.6) is 0 Å². The molecular weight excluding hydrogens is 232 g/mol. The third-order valence-electron chi connectivity index (χ3n) is 3.32. The predicted molar refractivity (Wildman–Crippen MR) is 80.4 cm³/mol. The standard InChI is InChI=1S/C18H22O/c1-3-16-5-4-6-18(13-16)14-19-12-11-17-9-7-15(2)8-10-17/h4-10,13H,3,11-12,14H2,1-2H3. The highest BCUT2D eigenvalue weighted by atomic mass is 16.5. The van der Waals surface area contributed by atoms with Crippen molar-refractivity contribution in [1.29, 1.82) is 0 Å². The molecule has 0 fully saturated rings. The van der Waals surface area contributed by atoms with Gasteiger partial charge in [-0.25, -0.2) is 0 Å². The van der Waals surface area contributed by atoms with Crippen LogP contribution < -0.4 is 0 Å². The zero-order chi connectivity index (χ0) is 13.5. The van der Waals surface area contributed by atoms with Crippen molar-refractivity contribution in [3.63, 3.8) is 0 Å². The van der Waals surface area contributed by atoms with E-state index in [4.69, 9.17) is 4.74 Å². The fourth-order valence-corrected chi connectivity index (χ4v) is 2.07. The van der Waals surface area contributed by atoms with Crippen LogP contribution in [0.2, 0.25) is 0 Å². The molecule has 0 radical (unpaired) electrons. The van der Waals surface area contributed by atoms with Crippen molar-refractivity contribution in [3.05, 3.63) is 70.8 Å². The van der Waals surface area contributed by atoms with Gasteiger partial charge in [0, 0.05) is 0 Å². The largest absolute Gasteiger partial charge is 0.376 e. The maximum Gasteiger partial charge on any atom is 0.0717 e. The number of hydrogen-bond acceptors (Lipinski definition) is 1. The van der Waals surface area contributed by atoms with Crippen molar-refractivity contribution < 1.29 is 4.74 Å². The predicted octanol–water partition coefficient (Wildman–Crippen LogP) is 4.32. The summed E-state index contributed by atoms with van der Waals surface area (Å²) in [7, 11) is 0. The first-order valence-electron chi connectivity index (χ1n) is 6.99. The van der Waals surface area contributed by atoms with Crippen LogP contribution in [0.25, 0.3) is 0 Å². The summed E-state index contributed by atoms with van der Waals surface area (Å²) in [6, 6.07) is 17.3. The minimum absolute atomic E-state index is 0.708. The lowest BCUT2D eigenvalue weighted by atomic mass is 10.1. The minimum atomic E-state index is 0.708. The molecule has 0 aliphatic rings. The molecule has 2 aromatic carbocycles. The summed E-state index contributed by atoms with van der Waals surface area (Å²) >= 11 is 0. The van der Waals surface area contributed by atoms with Crippen LogP contribution in [0.4, 0.5) is 0 Å². The van der Waals surface area contributed by atoms with Crippen LogP contribution in [0.1, 0.15) is 29.2 Å². The van der Waals surface area contributed by atoms with Gasteiger partial charge in [0.15, 0.2) is 0 Å². The number of hydrogen-bond donors (Lipinski definition) is 0. The van der Waals surface area contributed by atoms with E-state index in [0.717, 1.165) is 19.4 Å². The van der Waals surface area contributed by atoms with E-state index in [-0.39, 0.29) is 0 Å². The van der Waals surface area contributed by atoms with Gasteiger partial charge in [-0.1, -0.05) is 61.0 Å². The highest BCUT2D eigenvalue weighted by Crippen LogP contribution is 2.08. The molecule has 2 aromatic rings. The first-order chi connectivity index (χ1) is 9.28. The maximum atomic E-state index is 5.75. The Balaban J connectivity index is 1.75. The number of rotatable bonds is 6. The second-order valence-electron chi connectivity index (χ2n) is 4.96. The molecule has 2 rings (SSSR count). The summed E-state index contributed by atoms with van der Waals surface area (Å²) in [6.45, 7) is 5.78. The van der Waals surface area contributed by atoms with E-state index in [1.54, 1.807) is 0 Å². The summed E-state index contributed by atoms with van der Waals surface area (Å²) in [4.78, 5) is 0. The topological polar surface area (TPSA) is 9.23 Å².